The van der Waals surface area contributed by atoms with Crippen molar-refractivity contribution in [3.8, 4) is 0 Å². The van der Waals surface area contributed by atoms with E-state index in [9.17, 15) is 4.79 Å². The monoisotopic (exact) mass is 459 g/mol. The normalized spacial score (nSPS) is 19.5. The second-order valence-electron chi connectivity index (χ2n) is 9.74. The number of aromatic nitrogens is 2. The van der Waals surface area contributed by atoms with Gasteiger partial charge in [-0.15, -0.1) is 0 Å². The van der Waals surface area contributed by atoms with Crippen molar-refractivity contribution in [2.24, 2.45) is 0 Å². The number of hydrogen-bond donors (Lipinski definition) is 0. The van der Waals surface area contributed by atoms with Gasteiger partial charge in [0.2, 0.25) is 0 Å². The van der Waals surface area contributed by atoms with E-state index in [1.165, 1.54) is 36.3 Å². The van der Waals surface area contributed by atoms with Crippen LogP contribution in [-0.4, -0.2) is 70.8 Å². The van der Waals surface area contributed by atoms with Crippen LogP contribution in [0.4, 0.5) is 10.5 Å². The zero-order valence-electron chi connectivity index (χ0n) is 19.7. The molecule has 3 heterocycles. The first-order valence-corrected chi connectivity index (χ1v) is 12.7. The number of fused-ring (bicyclic) bond motifs is 3. The molecule has 7 nitrogen and oxygen atoms in total. The van der Waals surface area contributed by atoms with Crippen LogP contribution >= 0.6 is 0 Å². The van der Waals surface area contributed by atoms with Crippen LogP contribution < -0.4 is 4.90 Å². The fourth-order valence-electron chi connectivity index (χ4n) is 5.46. The lowest BCUT2D eigenvalue weighted by Gasteiger charge is -2.36. The molecule has 0 N–H and O–H groups in total. The Labute approximate surface area is 200 Å². The Bertz CT molecular complexity index is 1150. The van der Waals surface area contributed by atoms with Crippen LogP contribution in [-0.2, 0) is 24.3 Å². The third kappa shape index (κ3) is 4.25. The average molecular weight is 460 g/mol. The van der Waals surface area contributed by atoms with E-state index in [1.807, 2.05) is 35.2 Å². The van der Waals surface area contributed by atoms with Crippen LogP contribution in [0.25, 0.3) is 11.0 Å². The van der Waals surface area contributed by atoms with Crippen molar-refractivity contribution in [1.29, 1.82) is 0 Å². The maximum absolute atomic E-state index is 12.5. The highest BCUT2D eigenvalue weighted by Crippen LogP contribution is 2.29. The Morgan fingerprint density at radius 1 is 0.941 bits per heavy atom. The van der Waals surface area contributed by atoms with Crippen LogP contribution in [0.5, 0.6) is 0 Å². The molecule has 7 heteroatoms. The number of benzene rings is 2. The third-order valence-electron chi connectivity index (χ3n) is 7.74. The first-order chi connectivity index (χ1) is 16.7. The molecule has 2 aromatic carbocycles. The fraction of sp³-hybridized carbons (Fsp3) is 0.481. The molecule has 1 saturated carbocycles. The summed E-state index contributed by atoms with van der Waals surface area (Å²) in [6, 6.07) is 17.3. The van der Waals surface area contributed by atoms with Crippen molar-refractivity contribution in [3.05, 3.63) is 59.9 Å². The van der Waals surface area contributed by atoms with Gasteiger partial charge in [0.25, 0.3) is 0 Å². The number of piperazine rings is 1. The summed E-state index contributed by atoms with van der Waals surface area (Å²) in [6.45, 7) is 6.55. The van der Waals surface area contributed by atoms with E-state index in [-0.39, 0.29) is 6.09 Å². The molecule has 1 aromatic heterocycles. The van der Waals surface area contributed by atoms with Gasteiger partial charge < -0.3 is 19.1 Å². The Balaban J connectivity index is 1.09. The Kier molecular flexibility index (Phi) is 5.87. The standard InChI is InChI=1S/C27H33N5O2/c33-27(34-20-21-5-2-1-3-6-21)31-15-13-30(14-16-31)23-9-10-24-25(19-23)32-18-17-29(22-7-4-8-22)12-11-26(32)28-24/h1-3,5-6,9-10,19,22H,4,7-8,11-18,20H2. The highest BCUT2D eigenvalue weighted by molar-refractivity contribution is 5.81. The molecule has 2 fully saturated rings. The molecule has 34 heavy (non-hydrogen) atoms. The molecule has 2 aliphatic heterocycles. The fourth-order valence-corrected chi connectivity index (χ4v) is 5.46. The molecule has 178 valence electrons. The molecule has 3 aliphatic rings. The number of rotatable bonds is 4. The van der Waals surface area contributed by atoms with Crippen LogP contribution in [0.2, 0.25) is 0 Å². The Morgan fingerprint density at radius 3 is 2.53 bits per heavy atom. The maximum atomic E-state index is 12.5. The first kappa shape index (κ1) is 21.5. The summed E-state index contributed by atoms with van der Waals surface area (Å²) in [6.07, 6.45) is 4.91. The smallest absolute Gasteiger partial charge is 0.410 e. The lowest BCUT2D eigenvalue weighted by molar-refractivity contribution is 0.0942. The Hall–Kier alpha value is -3.06. The quantitative estimate of drug-likeness (QED) is 0.592. The van der Waals surface area contributed by atoms with E-state index in [4.69, 9.17) is 9.72 Å². The van der Waals surface area contributed by atoms with Crippen LogP contribution in [0, 0.1) is 0 Å². The van der Waals surface area contributed by atoms with Gasteiger partial charge in [-0.3, -0.25) is 4.90 Å². The highest BCUT2D eigenvalue weighted by Gasteiger charge is 2.28. The molecule has 0 radical (unpaired) electrons. The lowest BCUT2D eigenvalue weighted by atomic mass is 9.91. The molecule has 1 amide bonds. The molecule has 0 bridgehead atoms. The molecule has 1 aliphatic carbocycles. The lowest BCUT2D eigenvalue weighted by Crippen LogP contribution is -2.48. The Morgan fingerprint density at radius 2 is 1.76 bits per heavy atom. The van der Waals surface area contributed by atoms with Gasteiger partial charge in [-0.2, -0.15) is 0 Å². The van der Waals surface area contributed by atoms with Crippen LogP contribution in [0.1, 0.15) is 30.7 Å². The van der Waals surface area contributed by atoms with E-state index >= 15 is 0 Å². The number of amides is 1. The molecular weight excluding hydrogens is 426 g/mol. The minimum absolute atomic E-state index is 0.226. The molecule has 6 rings (SSSR count). The second-order valence-corrected chi connectivity index (χ2v) is 9.74. The van der Waals surface area contributed by atoms with Crippen molar-refractivity contribution in [3.63, 3.8) is 0 Å². The number of carbonyl (C=O) groups is 1. The van der Waals surface area contributed by atoms with E-state index in [0.717, 1.165) is 56.3 Å². The van der Waals surface area contributed by atoms with Gasteiger partial charge in [-0.05, 0) is 36.6 Å². The molecule has 0 unspecified atom stereocenters. The highest BCUT2D eigenvalue weighted by atomic mass is 16.6. The van der Waals surface area contributed by atoms with Gasteiger partial charge in [0.05, 0.1) is 11.0 Å². The number of nitrogens with zero attached hydrogens (tertiary/aromatic N) is 5. The van der Waals surface area contributed by atoms with Crippen LogP contribution in [0.15, 0.2) is 48.5 Å². The second kappa shape index (κ2) is 9.29. The van der Waals surface area contributed by atoms with E-state index < -0.39 is 0 Å². The summed E-state index contributed by atoms with van der Waals surface area (Å²) < 4.78 is 7.96. The average Bonchev–Trinajstić information content (AvgIpc) is 3.07. The number of hydrogen-bond acceptors (Lipinski definition) is 5. The largest absolute Gasteiger partial charge is 0.445 e. The van der Waals surface area contributed by atoms with E-state index in [2.05, 4.69) is 32.6 Å². The summed E-state index contributed by atoms with van der Waals surface area (Å²) in [4.78, 5) is 24.3. The van der Waals surface area contributed by atoms with Crippen molar-refractivity contribution in [2.45, 2.75) is 44.9 Å². The number of ether oxygens (including phenoxy) is 1. The third-order valence-corrected chi connectivity index (χ3v) is 7.74. The van der Waals surface area contributed by atoms with Gasteiger partial charge >= 0.3 is 6.09 Å². The summed E-state index contributed by atoms with van der Waals surface area (Å²) in [5.41, 5.74) is 4.57. The maximum Gasteiger partial charge on any atom is 0.410 e. The van der Waals surface area contributed by atoms with E-state index in [1.54, 1.807) is 0 Å². The number of imidazole rings is 1. The predicted molar refractivity (Wildman–Crippen MR) is 133 cm³/mol. The van der Waals surface area contributed by atoms with Gasteiger partial charge in [0, 0.05) is 64.0 Å². The molecule has 3 aromatic rings. The minimum Gasteiger partial charge on any atom is -0.445 e. The zero-order chi connectivity index (χ0) is 22.9. The summed E-state index contributed by atoms with van der Waals surface area (Å²) in [5.74, 6) is 1.22. The molecular formula is C27H33N5O2. The van der Waals surface area contributed by atoms with Crippen molar-refractivity contribution in [2.75, 3.05) is 44.2 Å². The van der Waals surface area contributed by atoms with Gasteiger partial charge in [0.15, 0.2) is 0 Å². The summed E-state index contributed by atoms with van der Waals surface area (Å²) in [5, 5.41) is 0. The number of anilines is 1. The molecule has 0 spiro atoms. The number of carbonyl (C=O) groups excluding carboxylic acids is 1. The SMILES string of the molecule is O=C(OCc1ccccc1)N1CCN(c2ccc3nc4n(c3c2)CCN(C2CCC2)CC4)CC1. The predicted octanol–water partition coefficient (Wildman–Crippen LogP) is 3.91. The van der Waals surface area contributed by atoms with E-state index in [0.29, 0.717) is 19.7 Å². The molecule has 0 atom stereocenters. The summed E-state index contributed by atoms with van der Waals surface area (Å²) >= 11 is 0. The zero-order valence-corrected chi connectivity index (χ0v) is 19.7. The van der Waals surface area contributed by atoms with Crippen molar-refractivity contribution in [1.82, 2.24) is 19.4 Å². The van der Waals surface area contributed by atoms with Gasteiger partial charge in [-0.1, -0.05) is 36.8 Å². The van der Waals surface area contributed by atoms with Crippen LogP contribution in [0.3, 0.4) is 0 Å². The van der Waals surface area contributed by atoms with Gasteiger partial charge in [0.1, 0.15) is 12.4 Å². The first-order valence-electron chi connectivity index (χ1n) is 12.7. The van der Waals surface area contributed by atoms with Crippen molar-refractivity contribution < 1.29 is 9.53 Å². The summed E-state index contributed by atoms with van der Waals surface area (Å²) in [7, 11) is 0. The van der Waals surface area contributed by atoms with Crippen molar-refractivity contribution >= 4 is 22.8 Å². The molecule has 1 saturated heterocycles. The minimum atomic E-state index is -0.226. The van der Waals surface area contributed by atoms with Gasteiger partial charge in [-0.25, -0.2) is 9.78 Å². The topological polar surface area (TPSA) is 53.8 Å².